The predicted octanol–water partition coefficient (Wildman–Crippen LogP) is 5.81. The third-order valence-electron chi connectivity index (χ3n) is 6.62. The maximum absolute atomic E-state index is 13.1. The molecule has 2 N–H and O–H groups in total. The number of nitrogens with one attached hydrogen (secondary N) is 1. The van der Waals surface area contributed by atoms with Crippen LogP contribution >= 0.6 is 0 Å². The molecule has 3 aromatic rings. The summed E-state index contributed by atoms with van der Waals surface area (Å²) < 4.78 is 39.4. The molecule has 0 unspecified atom stereocenters. The molecule has 1 aromatic heterocycles. The summed E-state index contributed by atoms with van der Waals surface area (Å²) in [4.78, 5) is 22.1. The number of carbonyl (C=O) groups excluding carboxylic acids is 1. The molecule has 1 aliphatic carbocycles. The molecular formula is C26H28F3N3O2. The van der Waals surface area contributed by atoms with E-state index < -0.39 is 11.7 Å². The van der Waals surface area contributed by atoms with Crippen LogP contribution in [0.15, 0.2) is 47.5 Å². The number of aromatic hydroxyl groups is 1. The standard InChI is InChI=1S/C26H28F3N3O2/c1-15(33)17-6-13-22-21(14-17)23(25(34)31-22)24(16-4-7-18(8-5-16)26(27,28)29)30-19-9-11-20(12-10-19)32(2)3/h4-8,13-14,19-20,31,34H,9-12H2,1-3H3. The van der Waals surface area contributed by atoms with Gasteiger partial charge in [0.2, 0.25) is 0 Å². The Labute approximate surface area is 196 Å². The number of benzene rings is 2. The molecule has 1 aliphatic rings. The predicted molar refractivity (Wildman–Crippen MR) is 127 cm³/mol. The molecule has 0 saturated heterocycles. The lowest BCUT2D eigenvalue weighted by Crippen LogP contribution is -2.33. The second-order valence-corrected chi connectivity index (χ2v) is 9.14. The molecule has 5 nitrogen and oxygen atoms in total. The van der Waals surface area contributed by atoms with Crippen LogP contribution < -0.4 is 0 Å². The topological polar surface area (TPSA) is 68.7 Å². The Morgan fingerprint density at radius 3 is 2.21 bits per heavy atom. The number of aromatic amines is 1. The molecule has 2 aromatic carbocycles. The zero-order chi connectivity index (χ0) is 24.6. The summed E-state index contributed by atoms with van der Waals surface area (Å²) in [7, 11) is 4.11. The zero-order valence-electron chi connectivity index (χ0n) is 19.4. The van der Waals surface area contributed by atoms with E-state index in [2.05, 4.69) is 24.0 Å². The van der Waals surface area contributed by atoms with Gasteiger partial charge in [0, 0.05) is 28.1 Å². The van der Waals surface area contributed by atoms with Crippen molar-refractivity contribution in [3.63, 3.8) is 0 Å². The van der Waals surface area contributed by atoms with Crippen LogP contribution in [-0.4, -0.2) is 52.7 Å². The van der Waals surface area contributed by atoms with E-state index in [0.29, 0.717) is 39.3 Å². The smallest absolute Gasteiger partial charge is 0.416 e. The lowest BCUT2D eigenvalue weighted by molar-refractivity contribution is -0.137. The first-order chi connectivity index (χ1) is 16.0. The highest BCUT2D eigenvalue weighted by Gasteiger charge is 2.31. The Balaban J connectivity index is 1.83. The second-order valence-electron chi connectivity index (χ2n) is 9.14. The number of carbonyl (C=O) groups is 1. The molecule has 180 valence electrons. The molecule has 0 radical (unpaired) electrons. The van der Waals surface area contributed by atoms with Gasteiger partial charge in [-0.3, -0.25) is 9.79 Å². The number of aromatic nitrogens is 1. The van der Waals surface area contributed by atoms with Crippen LogP contribution in [0.25, 0.3) is 10.9 Å². The number of rotatable bonds is 5. The Morgan fingerprint density at radius 2 is 1.65 bits per heavy atom. The van der Waals surface area contributed by atoms with E-state index >= 15 is 0 Å². The summed E-state index contributed by atoms with van der Waals surface area (Å²) in [5, 5.41) is 11.4. The number of hydrogen-bond acceptors (Lipinski definition) is 4. The van der Waals surface area contributed by atoms with Gasteiger partial charge in [0.25, 0.3) is 0 Å². The fourth-order valence-corrected chi connectivity index (χ4v) is 4.62. The molecule has 0 amide bonds. The van der Waals surface area contributed by atoms with Crippen molar-refractivity contribution in [3.8, 4) is 5.88 Å². The summed E-state index contributed by atoms with van der Waals surface area (Å²) in [6, 6.07) is 10.4. The SMILES string of the molecule is CC(=O)c1ccc2[nH]c(O)c(C(=NC3CCC(N(C)C)CC3)c3ccc(C(F)(F)F)cc3)c2c1. The van der Waals surface area contributed by atoms with E-state index in [1.165, 1.54) is 19.1 Å². The van der Waals surface area contributed by atoms with Crippen LogP contribution in [0, 0.1) is 0 Å². The van der Waals surface area contributed by atoms with Crippen molar-refractivity contribution in [1.29, 1.82) is 0 Å². The number of nitrogens with zero attached hydrogens (tertiary/aromatic N) is 2. The Hall–Kier alpha value is -3.13. The molecule has 0 bridgehead atoms. The lowest BCUT2D eigenvalue weighted by atomic mass is 9.90. The number of H-pyrrole nitrogens is 1. The highest BCUT2D eigenvalue weighted by Crippen LogP contribution is 2.34. The van der Waals surface area contributed by atoms with Gasteiger partial charge in [-0.2, -0.15) is 13.2 Å². The van der Waals surface area contributed by atoms with Gasteiger partial charge >= 0.3 is 6.18 Å². The maximum atomic E-state index is 13.1. The molecule has 0 atom stereocenters. The Bertz CT molecular complexity index is 1220. The van der Waals surface area contributed by atoms with E-state index in [9.17, 15) is 23.1 Å². The minimum atomic E-state index is -4.44. The van der Waals surface area contributed by atoms with Gasteiger partial charge < -0.3 is 15.0 Å². The molecule has 1 fully saturated rings. The van der Waals surface area contributed by atoms with Crippen molar-refractivity contribution in [2.24, 2.45) is 4.99 Å². The minimum absolute atomic E-state index is 0.0196. The number of halogens is 3. The Kier molecular flexibility index (Phi) is 6.53. The highest BCUT2D eigenvalue weighted by molar-refractivity contribution is 6.21. The van der Waals surface area contributed by atoms with Crippen molar-refractivity contribution < 1.29 is 23.1 Å². The van der Waals surface area contributed by atoms with E-state index in [-0.39, 0.29) is 17.7 Å². The number of aliphatic imine (C=N–C) groups is 1. The second kappa shape index (κ2) is 9.25. The van der Waals surface area contributed by atoms with Gasteiger partial charge in [-0.15, -0.1) is 0 Å². The maximum Gasteiger partial charge on any atom is 0.416 e. The molecule has 4 rings (SSSR count). The van der Waals surface area contributed by atoms with Crippen LogP contribution in [-0.2, 0) is 6.18 Å². The first-order valence-corrected chi connectivity index (χ1v) is 11.3. The van der Waals surface area contributed by atoms with Crippen LogP contribution in [0.5, 0.6) is 5.88 Å². The fourth-order valence-electron chi connectivity index (χ4n) is 4.62. The molecule has 8 heteroatoms. The van der Waals surface area contributed by atoms with Gasteiger partial charge in [0.1, 0.15) is 0 Å². The summed E-state index contributed by atoms with van der Waals surface area (Å²) >= 11 is 0. The number of alkyl halides is 3. The largest absolute Gasteiger partial charge is 0.494 e. The highest BCUT2D eigenvalue weighted by atomic mass is 19.4. The van der Waals surface area contributed by atoms with Crippen molar-refractivity contribution in [2.45, 2.75) is 50.9 Å². The van der Waals surface area contributed by atoms with Crippen molar-refractivity contribution >= 4 is 22.4 Å². The Morgan fingerprint density at radius 1 is 1.03 bits per heavy atom. The van der Waals surface area contributed by atoms with Gasteiger partial charge in [-0.1, -0.05) is 12.1 Å². The van der Waals surface area contributed by atoms with Gasteiger partial charge in [-0.05, 0) is 77.0 Å². The van der Waals surface area contributed by atoms with Gasteiger partial charge in [0.05, 0.1) is 22.9 Å². The first-order valence-electron chi connectivity index (χ1n) is 11.3. The van der Waals surface area contributed by atoms with Gasteiger partial charge in [-0.25, -0.2) is 0 Å². The fraction of sp³-hybridized carbons (Fsp3) is 0.385. The van der Waals surface area contributed by atoms with Crippen LogP contribution in [0.1, 0.15) is 59.7 Å². The summed E-state index contributed by atoms with van der Waals surface area (Å²) in [6.07, 6.45) is -0.824. The van der Waals surface area contributed by atoms with E-state index in [1.807, 2.05) is 0 Å². The average molecular weight is 472 g/mol. The van der Waals surface area contributed by atoms with Crippen molar-refractivity contribution in [1.82, 2.24) is 9.88 Å². The van der Waals surface area contributed by atoms with Crippen LogP contribution in [0.3, 0.4) is 0 Å². The monoisotopic (exact) mass is 471 g/mol. The molecule has 1 saturated carbocycles. The quantitative estimate of drug-likeness (QED) is 0.365. The molecular weight excluding hydrogens is 443 g/mol. The van der Waals surface area contributed by atoms with Crippen LogP contribution in [0.4, 0.5) is 13.2 Å². The molecule has 0 aliphatic heterocycles. The molecule has 1 heterocycles. The summed E-state index contributed by atoms with van der Waals surface area (Å²) in [6.45, 7) is 1.46. The zero-order valence-corrected chi connectivity index (χ0v) is 19.4. The van der Waals surface area contributed by atoms with E-state index in [1.54, 1.807) is 18.2 Å². The summed E-state index contributed by atoms with van der Waals surface area (Å²) in [5.74, 6) is -0.250. The minimum Gasteiger partial charge on any atom is -0.494 e. The number of ketones is 1. The van der Waals surface area contributed by atoms with E-state index in [0.717, 1.165) is 37.8 Å². The third-order valence-corrected chi connectivity index (χ3v) is 6.62. The number of fused-ring (bicyclic) bond motifs is 1. The molecule has 0 spiro atoms. The normalized spacial score (nSPS) is 19.7. The first kappa shape index (κ1) is 24.0. The lowest BCUT2D eigenvalue weighted by Gasteiger charge is -2.31. The van der Waals surface area contributed by atoms with Crippen LogP contribution in [0.2, 0.25) is 0 Å². The van der Waals surface area contributed by atoms with Crippen molar-refractivity contribution in [3.05, 3.63) is 64.7 Å². The number of Topliss-reactive ketones (excluding diaryl/α,β-unsaturated/α-hetero) is 1. The van der Waals surface area contributed by atoms with Gasteiger partial charge in [0.15, 0.2) is 11.7 Å². The molecule has 34 heavy (non-hydrogen) atoms. The average Bonchev–Trinajstić information content (AvgIpc) is 3.12. The van der Waals surface area contributed by atoms with E-state index in [4.69, 9.17) is 4.99 Å². The number of hydrogen-bond donors (Lipinski definition) is 2. The summed E-state index contributed by atoms with van der Waals surface area (Å²) in [5.41, 5.74) is 1.65. The van der Waals surface area contributed by atoms with Crippen molar-refractivity contribution in [2.75, 3.05) is 14.1 Å². The third kappa shape index (κ3) is 4.87.